The Labute approximate surface area is 176 Å². The van der Waals surface area contributed by atoms with Gasteiger partial charge < -0.3 is 4.74 Å². The fourth-order valence-electron chi connectivity index (χ4n) is 4.57. The number of hydrogen-bond donors (Lipinski definition) is 0. The molecular weight excluding hydrogens is 402 g/mol. The van der Waals surface area contributed by atoms with Crippen molar-refractivity contribution in [1.82, 2.24) is 0 Å². The Morgan fingerprint density at radius 1 is 1.10 bits per heavy atom. The van der Waals surface area contributed by atoms with Gasteiger partial charge in [-0.25, -0.2) is 13.2 Å². The summed E-state index contributed by atoms with van der Waals surface area (Å²) in [6.07, 6.45) is 2.52. The molecule has 0 aromatic heterocycles. The molecule has 156 valence electrons. The number of para-hydroxylation sites is 1. The van der Waals surface area contributed by atoms with Crippen LogP contribution in [-0.2, 0) is 29.8 Å². The molecule has 4 rings (SSSR count). The summed E-state index contributed by atoms with van der Waals surface area (Å²) in [7, 11) is -3.95. The van der Waals surface area contributed by atoms with Crippen molar-refractivity contribution in [3.05, 3.63) is 71.8 Å². The predicted octanol–water partition coefficient (Wildman–Crippen LogP) is 3.37. The summed E-state index contributed by atoms with van der Waals surface area (Å²) in [5, 5.41) is 0. The van der Waals surface area contributed by atoms with Gasteiger partial charge in [-0.2, -0.15) is 0 Å². The van der Waals surface area contributed by atoms with Crippen LogP contribution in [0, 0.1) is 0 Å². The maximum atomic E-state index is 13.7. The van der Waals surface area contributed by atoms with Gasteiger partial charge in [-0.15, -0.1) is 0 Å². The molecule has 0 fully saturated rings. The first kappa shape index (κ1) is 20.3. The average Bonchev–Trinajstić information content (AvgIpc) is 3.05. The Morgan fingerprint density at radius 2 is 1.77 bits per heavy atom. The highest BCUT2D eigenvalue weighted by molar-refractivity contribution is 7.93. The molecule has 0 radical (unpaired) electrons. The molecule has 2 aromatic rings. The van der Waals surface area contributed by atoms with E-state index in [-0.39, 0.29) is 17.9 Å². The Morgan fingerprint density at radius 3 is 2.47 bits per heavy atom. The molecule has 30 heavy (non-hydrogen) atoms. The third-order valence-corrected chi connectivity index (χ3v) is 7.76. The van der Waals surface area contributed by atoms with Gasteiger partial charge in [0.25, 0.3) is 15.8 Å². The van der Waals surface area contributed by atoms with E-state index < -0.39 is 33.2 Å². The number of ketones is 1. The highest BCUT2D eigenvalue weighted by atomic mass is 32.2. The van der Waals surface area contributed by atoms with Gasteiger partial charge in [0, 0.05) is 0 Å². The standard InChI is InChI=1S/C23H23NO5S/c1-3-29-22(26)21(25)23-14-13-16(2)15-20(23)24(19-12-8-7-11-18(19)23)30(27,28)17-9-5-4-6-10-17/h4-13,20H,3,14-15H2,1-2H3/t20-,23+/m0/s1. The zero-order valence-electron chi connectivity index (χ0n) is 16.9. The fraction of sp³-hybridized carbons (Fsp3) is 0.304. The van der Waals surface area contributed by atoms with Crippen molar-refractivity contribution in [3.8, 4) is 0 Å². The van der Waals surface area contributed by atoms with Crippen molar-refractivity contribution >= 4 is 27.5 Å². The number of fused-ring (bicyclic) bond motifs is 3. The molecule has 1 aliphatic heterocycles. The van der Waals surface area contributed by atoms with Crippen LogP contribution in [0.4, 0.5) is 5.69 Å². The maximum absolute atomic E-state index is 13.7. The molecule has 2 atom stereocenters. The minimum atomic E-state index is -3.95. The van der Waals surface area contributed by atoms with E-state index in [4.69, 9.17) is 4.74 Å². The van der Waals surface area contributed by atoms with E-state index in [0.29, 0.717) is 17.7 Å². The van der Waals surface area contributed by atoms with E-state index in [2.05, 4.69) is 0 Å². The summed E-state index contributed by atoms with van der Waals surface area (Å²) in [6.45, 7) is 3.63. The molecule has 0 spiro atoms. The number of esters is 1. The number of benzene rings is 2. The Balaban J connectivity index is 1.96. The molecule has 0 saturated heterocycles. The van der Waals surface area contributed by atoms with E-state index in [1.807, 2.05) is 13.0 Å². The molecule has 0 unspecified atom stereocenters. The lowest BCUT2D eigenvalue weighted by atomic mass is 9.66. The summed E-state index contributed by atoms with van der Waals surface area (Å²) in [5.41, 5.74) is 0.668. The van der Waals surface area contributed by atoms with Gasteiger partial charge in [-0.05, 0) is 50.5 Å². The van der Waals surface area contributed by atoms with Crippen LogP contribution in [0.25, 0.3) is 0 Å². The lowest BCUT2D eigenvalue weighted by molar-refractivity contribution is -0.156. The summed E-state index contributed by atoms with van der Waals surface area (Å²) in [4.78, 5) is 26.1. The highest BCUT2D eigenvalue weighted by Gasteiger charge is 2.61. The molecule has 2 aliphatic rings. The van der Waals surface area contributed by atoms with Crippen LogP contribution in [-0.4, -0.2) is 32.8 Å². The fourth-order valence-corrected chi connectivity index (χ4v) is 6.30. The Kier molecular flexibility index (Phi) is 5.02. The van der Waals surface area contributed by atoms with Gasteiger partial charge in [0.15, 0.2) is 0 Å². The van der Waals surface area contributed by atoms with E-state index in [0.717, 1.165) is 5.57 Å². The van der Waals surface area contributed by atoms with Crippen molar-refractivity contribution < 1.29 is 22.7 Å². The summed E-state index contributed by atoms with van der Waals surface area (Å²) in [6, 6.07) is 14.4. The van der Waals surface area contributed by atoms with E-state index in [1.165, 1.54) is 16.4 Å². The topological polar surface area (TPSA) is 80.8 Å². The second-order valence-corrected chi connectivity index (χ2v) is 9.44. The number of carbonyl (C=O) groups is 2. The number of rotatable bonds is 5. The van der Waals surface area contributed by atoms with Crippen LogP contribution in [0.1, 0.15) is 32.3 Å². The predicted molar refractivity (Wildman–Crippen MR) is 113 cm³/mol. The van der Waals surface area contributed by atoms with Gasteiger partial charge >= 0.3 is 5.97 Å². The molecule has 2 aromatic carbocycles. The number of hydrogen-bond acceptors (Lipinski definition) is 5. The average molecular weight is 426 g/mol. The number of nitrogens with zero attached hydrogens (tertiary/aromatic N) is 1. The largest absolute Gasteiger partial charge is 0.460 e. The Hall–Kier alpha value is -2.93. The zero-order chi connectivity index (χ0) is 21.5. The number of anilines is 1. The molecule has 0 amide bonds. The van der Waals surface area contributed by atoms with Gasteiger partial charge in [0.05, 0.1) is 28.6 Å². The van der Waals surface area contributed by atoms with Gasteiger partial charge in [0.2, 0.25) is 0 Å². The lowest BCUT2D eigenvalue weighted by Gasteiger charge is -2.39. The lowest BCUT2D eigenvalue weighted by Crippen LogP contribution is -2.55. The molecule has 6 nitrogen and oxygen atoms in total. The first-order valence-corrected chi connectivity index (χ1v) is 11.3. The second kappa shape index (κ2) is 7.40. The monoisotopic (exact) mass is 425 g/mol. The second-order valence-electron chi connectivity index (χ2n) is 7.63. The molecule has 1 heterocycles. The minimum Gasteiger partial charge on any atom is -0.460 e. The molecule has 0 N–H and O–H groups in total. The molecule has 0 saturated carbocycles. The van der Waals surface area contributed by atoms with E-state index in [9.17, 15) is 18.0 Å². The van der Waals surface area contributed by atoms with Crippen molar-refractivity contribution in [2.24, 2.45) is 0 Å². The smallest absolute Gasteiger partial charge is 0.375 e. The summed E-state index contributed by atoms with van der Waals surface area (Å²) in [5.74, 6) is -1.62. The normalized spacial score (nSPS) is 22.7. The minimum absolute atomic E-state index is 0.0772. The Bertz CT molecular complexity index is 1140. The quantitative estimate of drug-likeness (QED) is 0.417. The van der Waals surface area contributed by atoms with Gasteiger partial charge in [-0.3, -0.25) is 9.10 Å². The van der Waals surface area contributed by atoms with Crippen LogP contribution in [0.15, 0.2) is 71.1 Å². The molecule has 0 bridgehead atoms. The molecule has 1 aliphatic carbocycles. The number of ether oxygens (including phenoxy) is 1. The number of Topliss-reactive ketones (excluding diaryl/α,β-unsaturated/α-hetero) is 1. The van der Waals surface area contributed by atoms with Gasteiger partial charge in [-0.1, -0.05) is 48.0 Å². The number of sulfonamides is 1. The van der Waals surface area contributed by atoms with Crippen LogP contribution < -0.4 is 4.31 Å². The first-order chi connectivity index (χ1) is 14.3. The van der Waals surface area contributed by atoms with Crippen LogP contribution in [0.2, 0.25) is 0 Å². The number of allylic oxidation sites excluding steroid dienone is 1. The first-order valence-electron chi connectivity index (χ1n) is 9.90. The van der Waals surface area contributed by atoms with Crippen LogP contribution in [0.3, 0.4) is 0 Å². The van der Waals surface area contributed by atoms with Crippen LogP contribution in [0.5, 0.6) is 0 Å². The van der Waals surface area contributed by atoms with Gasteiger partial charge in [0.1, 0.15) is 0 Å². The summed E-state index contributed by atoms with van der Waals surface area (Å²) < 4.78 is 33.8. The van der Waals surface area contributed by atoms with Crippen molar-refractivity contribution in [2.45, 2.75) is 43.0 Å². The molecular formula is C23H23NO5S. The van der Waals surface area contributed by atoms with Crippen molar-refractivity contribution in [1.29, 1.82) is 0 Å². The molecule has 7 heteroatoms. The maximum Gasteiger partial charge on any atom is 0.375 e. The van der Waals surface area contributed by atoms with E-state index >= 15 is 0 Å². The van der Waals surface area contributed by atoms with Crippen molar-refractivity contribution in [2.75, 3.05) is 10.9 Å². The SMILES string of the molecule is CCOC(=O)C(=O)[C@@]12CC=C(C)C[C@@H]1N(S(=O)(=O)c1ccccc1)c1ccccc12. The third-order valence-electron chi connectivity index (χ3n) is 5.93. The summed E-state index contributed by atoms with van der Waals surface area (Å²) >= 11 is 0. The third kappa shape index (κ3) is 2.88. The zero-order valence-corrected chi connectivity index (χ0v) is 17.7. The highest BCUT2D eigenvalue weighted by Crippen LogP contribution is 2.54. The van der Waals surface area contributed by atoms with Crippen molar-refractivity contribution in [3.63, 3.8) is 0 Å². The van der Waals surface area contributed by atoms with Crippen LogP contribution >= 0.6 is 0 Å². The number of carbonyl (C=O) groups excluding carboxylic acids is 2. The van der Waals surface area contributed by atoms with E-state index in [1.54, 1.807) is 49.4 Å².